The van der Waals surface area contributed by atoms with Crippen LogP contribution in [0.5, 0.6) is 0 Å². The second kappa shape index (κ2) is 9.12. The molecular weight excluding hydrogens is 416 g/mol. The first-order valence-corrected chi connectivity index (χ1v) is 10.8. The van der Waals surface area contributed by atoms with E-state index in [2.05, 4.69) is 27.5 Å². The summed E-state index contributed by atoms with van der Waals surface area (Å²) in [4.78, 5) is 34.3. The van der Waals surface area contributed by atoms with Gasteiger partial charge in [0.1, 0.15) is 17.8 Å². The number of carbonyl (C=O) groups is 2. The maximum Gasteiger partial charge on any atom is 0.323 e. The quantitative estimate of drug-likeness (QED) is 0.362. The summed E-state index contributed by atoms with van der Waals surface area (Å²) in [6.07, 6.45) is 4.03. The fraction of sp³-hybridized carbons (Fsp3) is 0.200. The number of carbonyl (C=O) groups excluding carboxylic acids is 2. The second-order valence-corrected chi connectivity index (χ2v) is 8.04. The van der Waals surface area contributed by atoms with E-state index < -0.39 is 0 Å². The van der Waals surface area contributed by atoms with Crippen molar-refractivity contribution in [1.29, 1.82) is 0 Å². The average molecular weight is 443 g/mol. The lowest BCUT2D eigenvalue weighted by atomic mass is 10.0. The highest BCUT2D eigenvalue weighted by molar-refractivity contribution is 6.18. The van der Waals surface area contributed by atoms with Gasteiger partial charge in [-0.2, -0.15) is 0 Å². The molecule has 33 heavy (non-hydrogen) atoms. The fourth-order valence-corrected chi connectivity index (χ4v) is 3.73. The lowest BCUT2D eigenvalue weighted by Crippen LogP contribution is -2.19. The topological polar surface area (TPSA) is 115 Å². The predicted molar refractivity (Wildman–Crippen MR) is 131 cm³/mol. The van der Waals surface area contributed by atoms with Gasteiger partial charge in [0.05, 0.1) is 10.9 Å². The van der Waals surface area contributed by atoms with Crippen molar-refractivity contribution in [2.75, 3.05) is 16.4 Å². The summed E-state index contributed by atoms with van der Waals surface area (Å²) in [6.45, 7) is 6.07. The van der Waals surface area contributed by atoms with Crippen LogP contribution in [0.15, 0.2) is 61.1 Å². The minimum Gasteiger partial charge on any atom is -0.383 e. The molecule has 2 aromatic heterocycles. The molecule has 0 fully saturated rings. The maximum atomic E-state index is 13.4. The van der Waals surface area contributed by atoms with Crippen molar-refractivity contribution in [3.8, 4) is 0 Å². The Labute approximate surface area is 191 Å². The molecule has 0 radical (unpaired) electrons. The summed E-state index contributed by atoms with van der Waals surface area (Å²) < 4.78 is 1.90. The first-order chi connectivity index (χ1) is 15.9. The van der Waals surface area contributed by atoms with Crippen molar-refractivity contribution in [2.45, 2.75) is 33.2 Å². The number of aryl methyl sites for hydroxylation is 1. The zero-order chi connectivity index (χ0) is 23.5. The molecule has 0 spiro atoms. The van der Waals surface area contributed by atoms with Crippen molar-refractivity contribution in [3.63, 3.8) is 0 Å². The van der Waals surface area contributed by atoms with Crippen LogP contribution in [0.4, 0.5) is 22.0 Å². The Morgan fingerprint density at radius 3 is 2.42 bits per heavy atom. The first-order valence-electron chi connectivity index (χ1n) is 10.8. The highest BCUT2D eigenvalue weighted by atomic mass is 16.2. The van der Waals surface area contributed by atoms with Crippen LogP contribution in [0.25, 0.3) is 11.0 Å². The van der Waals surface area contributed by atoms with Gasteiger partial charge in [0.25, 0.3) is 0 Å². The van der Waals surface area contributed by atoms with Crippen LogP contribution in [0.3, 0.4) is 0 Å². The average Bonchev–Trinajstić information content (AvgIpc) is 3.20. The van der Waals surface area contributed by atoms with Gasteiger partial charge in [-0.3, -0.25) is 4.79 Å². The van der Waals surface area contributed by atoms with Gasteiger partial charge in [-0.25, -0.2) is 14.8 Å². The van der Waals surface area contributed by atoms with E-state index in [1.165, 1.54) is 6.33 Å². The summed E-state index contributed by atoms with van der Waals surface area (Å²) >= 11 is 0. The molecule has 4 aromatic rings. The lowest BCUT2D eigenvalue weighted by Gasteiger charge is -2.10. The summed E-state index contributed by atoms with van der Waals surface area (Å²) in [7, 11) is 0. The Bertz CT molecular complexity index is 1340. The van der Waals surface area contributed by atoms with Crippen LogP contribution in [0.1, 0.15) is 48.3 Å². The van der Waals surface area contributed by atoms with Crippen LogP contribution in [0, 0.1) is 0 Å². The predicted octanol–water partition coefficient (Wildman–Crippen LogP) is 5.03. The van der Waals surface area contributed by atoms with E-state index in [-0.39, 0.29) is 23.7 Å². The number of hydrogen-bond acceptors (Lipinski definition) is 5. The van der Waals surface area contributed by atoms with Crippen molar-refractivity contribution < 1.29 is 9.59 Å². The van der Waals surface area contributed by atoms with Crippen LogP contribution in [-0.2, 0) is 6.42 Å². The minimum absolute atomic E-state index is 0.0891. The summed E-state index contributed by atoms with van der Waals surface area (Å²) in [6, 6.07) is 14.2. The summed E-state index contributed by atoms with van der Waals surface area (Å²) in [5, 5.41) is 6.14. The number of rotatable bonds is 6. The minimum atomic E-state index is -0.387. The second-order valence-electron chi connectivity index (χ2n) is 8.04. The number of nitrogens with zero attached hydrogens (tertiary/aromatic N) is 3. The number of ketones is 1. The molecule has 0 saturated carbocycles. The van der Waals surface area contributed by atoms with Crippen LogP contribution in [-0.4, -0.2) is 26.3 Å². The van der Waals surface area contributed by atoms with Gasteiger partial charge < -0.3 is 20.9 Å². The number of nitrogens with one attached hydrogen (secondary N) is 2. The number of aromatic nitrogens is 3. The smallest absolute Gasteiger partial charge is 0.323 e. The molecule has 8 nitrogen and oxygen atoms in total. The SMILES string of the molecule is CCc1cccc(NC(=O)Nc2cccc(C(=O)c3cn(C(C)C)c4ncnc(N)c34)c2)c1. The third-order valence-electron chi connectivity index (χ3n) is 5.42. The van der Waals surface area contributed by atoms with Gasteiger partial charge in [0, 0.05) is 29.2 Å². The summed E-state index contributed by atoms with van der Waals surface area (Å²) in [5.41, 5.74) is 9.89. The molecule has 0 aliphatic carbocycles. The molecule has 4 rings (SSSR count). The molecule has 168 valence electrons. The fourth-order valence-electron chi connectivity index (χ4n) is 3.73. The third kappa shape index (κ3) is 4.55. The van der Waals surface area contributed by atoms with Gasteiger partial charge in [0.15, 0.2) is 5.78 Å². The van der Waals surface area contributed by atoms with Crippen LogP contribution >= 0.6 is 0 Å². The van der Waals surface area contributed by atoms with Gasteiger partial charge >= 0.3 is 6.03 Å². The Kier molecular flexibility index (Phi) is 6.08. The highest BCUT2D eigenvalue weighted by Crippen LogP contribution is 2.29. The number of anilines is 3. The van der Waals surface area contributed by atoms with Gasteiger partial charge in [-0.15, -0.1) is 0 Å². The monoisotopic (exact) mass is 442 g/mol. The van der Waals surface area contributed by atoms with E-state index in [9.17, 15) is 9.59 Å². The Morgan fingerprint density at radius 2 is 1.73 bits per heavy atom. The molecule has 0 saturated heterocycles. The number of nitrogen functional groups attached to an aromatic ring is 1. The van der Waals surface area contributed by atoms with E-state index in [0.717, 1.165) is 12.0 Å². The van der Waals surface area contributed by atoms with E-state index >= 15 is 0 Å². The summed E-state index contributed by atoms with van der Waals surface area (Å²) in [5.74, 6) is 0.0336. The molecular formula is C25H26N6O2. The van der Waals surface area contributed by atoms with Crippen LogP contribution in [0.2, 0.25) is 0 Å². The van der Waals surface area contributed by atoms with Crippen molar-refractivity contribution in [1.82, 2.24) is 14.5 Å². The molecule has 2 heterocycles. The Balaban J connectivity index is 1.59. The zero-order valence-corrected chi connectivity index (χ0v) is 18.8. The lowest BCUT2D eigenvalue weighted by molar-refractivity contribution is 0.104. The molecule has 0 aliphatic heterocycles. The van der Waals surface area contributed by atoms with E-state index in [1.807, 2.05) is 42.7 Å². The van der Waals surface area contributed by atoms with Gasteiger partial charge in [0.2, 0.25) is 0 Å². The number of urea groups is 1. The number of hydrogen-bond donors (Lipinski definition) is 3. The van der Waals surface area contributed by atoms with Crippen molar-refractivity contribution in [2.24, 2.45) is 0 Å². The number of amides is 2. The van der Waals surface area contributed by atoms with E-state index in [4.69, 9.17) is 5.73 Å². The Morgan fingerprint density at radius 1 is 1.03 bits per heavy atom. The van der Waals surface area contributed by atoms with Crippen molar-refractivity contribution in [3.05, 3.63) is 77.7 Å². The molecule has 0 unspecified atom stereocenters. The Hall–Kier alpha value is -4.20. The first kappa shape index (κ1) is 22.0. The van der Waals surface area contributed by atoms with E-state index in [1.54, 1.807) is 30.5 Å². The molecule has 4 N–H and O–H groups in total. The normalized spacial score (nSPS) is 11.0. The van der Waals surface area contributed by atoms with Gasteiger partial charge in [-0.05, 0) is 50.1 Å². The maximum absolute atomic E-state index is 13.4. The number of nitrogens with two attached hydrogens (primary N) is 1. The van der Waals surface area contributed by atoms with Gasteiger partial charge in [-0.1, -0.05) is 31.2 Å². The highest BCUT2D eigenvalue weighted by Gasteiger charge is 2.21. The number of fused-ring (bicyclic) bond motifs is 1. The number of benzene rings is 2. The molecule has 0 bridgehead atoms. The third-order valence-corrected chi connectivity index (χ3v) is 5.42. The largest absolute Gasteiger partial charge is 0.383 e. The standard InChI is InChI=1S/C25H26N6O2/c1-4-16-7-5-9-18(11-16)29-25(33)30-19-10-6-8-17(12-19)22(32)20-13-31(15(2)3)24-21(20)23(26)27-14-28-24/h5-15H,4H2,1-3H3,(H2,26,27,28)(H2,29,30,33). The molecule has 0 atom stereocenters. The van der Waals surface area contributed by atoms with Crippen molar-refractivity contribution >= 4 is 40.0 Å². The molecule has 8 heteroatoms. The molecule has 2 amide bonds. The molecule has 2 aromatic carbocycles. The molecule has 0 aliphatic rings. The van der Waals surface area contributed by atoms with E-state index in [0.29, 0.717) is 33.5 Å². The zero-order valence-electron chi connectivity index (χ0n) is 18.8. The van der Waals surface area contributed by atoms with Crippen LogP contribution < -0.4 is 16.4 Å².